The van der Waals surface area contributed by atoms with E-state index in [0.29, 0.717) is 6.04 Å². The first-order valence-corrected chi connectivity index (χ1v) is 8.37. The van der Waals surface area contributed by atoms with Crippen molar-refractivity contribution in [1.29, 1.82) is 0 Å². The maximum Gasteiger partial charge on any atom is 0.242 e. The smallest absolute Gasteiger partial charge is 0.242 e. The van der Waals surface area contributed by atoms with Crippen LogP contribution >= 0.6 is 0 Å². The minimum absolute atomic E-state index is 0.154. The molecule has 0 spiro atoms. The van der Waals surface area contributed by atoms with E-state index in [1.54, 1.807) is 0 Å². The van der Waals surface area contributed by atoms with Crippen molar-refractivity contribution in [2.24, 2.45) is 5.73 Å². The summed E-state index contributed by atoms with van der Waals surface area (Å²) in [5.41, 5.74) is 5.53. The molecule has 0 aromatic carbocycles. The number of nitrogens with zero attached hydrogens (tertiary/aromatic N) is 2. The van der Waals surface area contributed by atoms with Gasteiger partial charge in [0.15, 0.2) is 0 Å². The lowest BCUT2D eigenvalue weighted by atomic mass is 9.95. The molecule has 2 fully saturated rings. The van der Waals surface area contributed by atoms with Crippen molar-refractivity contribution in [2.75, 3.05) is 26.2 Å². The minimum Gasteiger partial charge on any atom is -0.341 e. The van der Waals surface area contributed by atoms with Gasteiger partial charge in [0.1, 0.15) is 0 Å². The SMILES string of the molecule is CCCC(C)(N)C(=O)N1CCCC(N2CCCC2)CC1. The van der Waals surface area contributed by atoms with Gasteiger partial charge in [0.2, 0.25) is 5.91 Å². The van der Waals surface area contributed by atoms with Crippen LogP contribution in [0, 0.1) is 0 Å². The van der Waals surface area contributed by atoms with Crippen molar-refractivity contribution < 1.29 is 4.79 Å². The Labute approximate surface area is 123 Å². The molecule has 2 atom stereocenters. The van der Waals surface area contributed by atoms with E-state index >= 15 is 0 Å². The summed E-state index contributed by atoms with van der Waals surface area (Å²) in [7, 11) is 0. The molecular formula is C16H31N3O. The normalized spacial score (nSPS) is 28.1. The summed E-state index contributed by atoms with van der Waals surface area (Å²) >= 11 is 0. The van der Waals surface area contributed by atoms with Crippen LogP contribution in [0.5, 0.6) is 0 Å². The maximum atomic E-state index is 12.6. The Morgan fingerprint density at radius 3 is 2.50 bits per heavy atom. The molecule has 1 amide bonds. The summed E-state index contributed by atoms with van der Waals surface area (Å²) in [4.78, 5) is 17.2. The van der Waals surface area contributed by atoms with Crippen LogP contribution in [0.4, 0.5) is 0 Å². The minimum atomic E-state index is -0.678. The van der Waals surface area contributed by atoms with Gasteiger partial charge in [-0.1, -0.05) is 13.3 Å². The van der Waals surface area contributed by atoms with Gasteiger partial charge in [-0.2, -0.15) is 0 Å². The molecule has 2 heterocycles. The fourth-order valence-electron chi connectivity index (χ4n) is 3.74. The second-order valence-corrected chi connectivity index (χ2v) is 6.79. The van der Waals surface area contributed by atoms with Crippen molar-refractivity contribution in [3.05, 3.63) is 0 Å². The van der Waals surface area contributed by atoms with Gasteiger partial charge in [-0.25, -0.2) is 0 Å². The van der Waals surface area contributed by atoms with E-state index in [1.807, 2.05) is 11.8 Å². The van der Waals surface area contributed by atoms with Crippen LogP contribution in [0.2, 0.25) is 0 Å². The number of amides is 1. The van der Waals surface area contributed by atoms with Gasteiger partial charge in [0, 0.05) is 19.1 Å². The predicted molar refractivity (Wildman–Crippen MR) is 82.5 cm³/mol. The molecule has 0 aromatic heterocycles. The van der Waals surface area contributed by atoms with Gasteiger partial charge in [-0.15, -0.1) is 0 Å². The Hall–Kier alpha value is -0.610. The molecule has 0 aliphatic carbocycles. The summed E-state index contributed by atoms with van der Waals surface area (Å²) in [5.74, 6) is 0.154. The molecule has 0 bridgehead atoms. The van der Waals surface area contributed by atoms with E-state index in [-0.39, 0.29) is 5.91 Å². The first kappa shape index (κ1) is 15.8. The molecular weight excluding hydrogens is 250 g/mol. The molecule has 4 nitrogen and oxygen atoms in total. The van der Waals surface area contributed by atoms with Crippen molar-refractivity contribution in [3.63, 3.8) is 0 Å². The average Bonchev–Trinajstić information content (AvgIpc) is 2.83. The van der Waals surface area contributed by atoms with Gasteiger partial charge in [-0.3, -0.25) is 4.79 Å². The molecule has 2 aliphatic rings. The molecule has 0 aromatic rings. The molecule has 116 valence electrons. The fraction of sp³-hybridized carbons (Fsp3) is 0.938. The number of nitrogens with two attached hydrogens (primary N) is 1. The Morgan fingerprint density at radius 2 is 1.85 bits per heavy atom. The molecule has 2 rings (SSSR count). The van der Waals surface area contributed by atoms with Crippen molar-refractivity contribution in [2.45, 2.75) is 70.4 Å². The third kappa shape index (κ3) is 3.73. The van der Waals surface area contributed by atoms with Crippen LogP contribution in [0.15, 0.2) is 0 Å². The van der Waals surface area contributed by atoms with Crippen molar-refractivity contribution in [1.82, 2.24) is 9.80 Å². The monoisotopic (exact) mass is 281 g/mol. The number of likely N-dealkylation sites (tertiary alicyclic amines) is 2. The summed E-state index contributed by atoms with van der Waals surface area (Å²) in [6.07, 6.45) is 7.90. The van der Waals surface area contributed by atoms with Gasteiger partial charge < -0.3 is 15.5 Å². The third-order valence-electron chi connectivity index (χ3n) is 4.90. The highest BCUT2D eigenvalue weighted by Gasteiger charge is 2.33. The maximum absolute atomic E-state index is 12.6. The first-order valence-electron chi connectivity index (χ1n) is 8.37. The number of hydrogen-bond acceptors (Lipinski definition) is 3. The number of carbonyl (C=O) groups is 1. The van der Waals surface area contributed by atoms with Crippen LogP contribution < -0.4 is 5.73 Å². The molecule has 0 radical (unpaired) electrons. The quantitative estimate of drug-likeness (QED) is 0.857. The van der Waals surface area contributed by atoms with E-state index < -0.39 is 5.54 Å². The van der Waals surface area contributed by atoms with Crippen molar-refractivity contribution in [3.8, 4) is 0 Å². The highest BCUT2D eigenvalue weighted by molar-refractivity contribution is 5.85. The molecule has 20 heavy (non-hydrogen) atoms. The number of rotatable bonds is 4. The Bertz CT molecular complexity index is 324. The summed E-state index contributed by atoms with van der Waals surface area (Å²) in [5, 5.41) is 0. The van der Waals surface area contributed by atoms with Gasteiger partial charge in [0.05, 0.1) is 5.54 Å². The second kappa shape index (κ2) is 6.90. The molecule has 2 aliphatic heterocycles. The largest absolute Gasteiger partial charge is 0.341 e. The van der Waals surface area contributed by atoms with E-state index in [2.05, 4.69) is 11.8 Å². The lowest BCUT2D eigenvalue weighted by molar-refractivity contribution is -0.136. The molecule has 2 unspecified atom stereocenters. The highest BCUT2D eigenvalue weighted by Crippen LogP contribution is 2.23. The predicted octanol–water partition coefficient (Wildman–Crippen LogP) is 1.98. The summed E-state index contributed by atoms with van der Waals surface area (Å²) < 4.78 is 0. The van der Waals surface area contributed by atoms with E-state index in [4.69, 9.17) is 5.73 Å². The fourth-order valence-corrected chi connectivity index (χ4v) is 3.74. The van der Waals surface area contributed by atoms with Crippen LogP contribution in [-0.4, -0.2) is 53.5 Å². The van der Waals surface area contributed by atoms with Gasteiger partial charge in [0.25, 0.3) is 0 Å². The van der Waals surface area contributed by atoms with E-state index in [0.717, 1.165) is 38.8 Å². The number of hydrogen-bond donors (Lipinski definition) is 1. The summed E-state index contributed by atoms with van der Waals surface area (Å²) in [6.45, 7) is 8.26. The third-order valence-corrected chi connectivity index (χ3v) is 4.90. The van der Waals surface area contributed by atoms with Gasteiger partial charge >= 0.3 is 0 Å². The Balaban J connectivity index is 1.90. The Kier molecular flexibility index (Phi) is 5.44. The molecule has 4 heteroatoms. The Morgan fingerprint density at radius 1 is 1.15 bits per heavy atom. The lowest BCUT2D eigenvalue weighted by Crippen LogP contribution is -2.53. The topological polar surface area (TPSA) is 49.6 Å². The van der Waals surface area contributed by atoms with Crippen molar-refractivity contribution >= 4 is 5.91 Å². The van der Waals surface area contributed by atoms with Crippen LogP contribution in [-0.2, 0) is 4.79 Å². The second-order valence-electron chi connectivity index (χ2n) is 6.79. The average molecular weight is 281 g/mol. The molecule has 2 N–H and O–H groups in total. The van der Waals surface area contributed by atoms with Crippen LogP contribution in [0.25, 0.3) is 0 Å². The standard InChI is InChI=1S/C16H31N3O/c1-3-9-16(2,17)15(20)19-12-6-7-14(8-13-19)18-10-4-5-11-18/h14H,3-13,17H2,1-2H3. The zero-order valence-electron chi connectivity index (χ0n) is 13.2. The highest BCUT2D eigenvalue weighted by atomic mass is 16.2. The molecule has 2 saturated heterocycles. The zero-order chi connectivity index (χ0) is 14.6. The van der Waals surface area contributed by atoms with Gasteiger partial charge in [-0.05, 0) is 58.5 Å². The molecule has 0 saturated carbocycles. The van der Waals surface area contributed by atoms with Crippen LogP contribution in [0.3, 0.4) is 0 Å². The zero-order valence-corrected chi connectivity index (χ0v) is 13.2. The number of carbonyl (C=O) groups excluding carboxylic acids is 1. The first-order chi connectivity index (χ1) is 9.54. The lowest BCUT2D eigenvalue weighted by Gasteiger charge is -2.31. The van der Waals surface area contributed by atoms with E-state index in [9.17, 15) is 4.79 Å². The van der Waals surface area contributed by atoms with Crippen LogP contribution in [0.1, 0.15) is 58.8 Å². The van der Waals surface area contributed by atoms with E-state index in [1.165, 1.54) is 32.4 Å². The summed E-state index contributed by atoms with van der Waals surface area (Å²) in [6, 6.07) is 0.686.